The lowest BCUT2D eigenvalue weighted by atomic mass is 10.1. The molecule has 5 heteroatoms. The van der Waals surface area contributed by atoms with E-state index in [1.165, 1.54) is 7.11 Å². The Morgan fingerprint density at radius 3 is 2.40 bits per heavy atom. The Morgan fingerprint density at radius 1 is 1.35 bits per heavy atom. The molecular weight excluding hydrogens is 256 g/mol. The van der Waals surface area contributed by atoms with Crippen LogP contribution in [-0.4, -0.2) is 36.0 Å². The lowest BCUT2D eigenvalue weighted by Crippen LogP contribution is -2.40. The molecule has 0 aliphatic heterocycles. The van der Waals surface area contributed by atoms with Crippen molar-refractivity contribution in [1.29, 1.82) is 0 Å². The zero-order valence-corrected chi connectivity index (χ0v) is 11.8. The van der Waals surface area contributed by atoms with Crippen molar-refractivity contribution in [2.45, 2.75) is 38.4 Å². The van der Waals surface area contributed by atoms with Crippen LogP contribution in [0.2, 0.25) is 0 Å². The van der Waals surface area contributed by atoms with Gasteiger partial charge in [-0.2, -0.15) is 0 Å². The van der Waals surface area contributed by atoms with Gasteiger partial charge in [0.2, 0.25) is 5.91 Å². The largest absolute Gasteiger partial charge is 0.468 e. The molecule has 1 saturated carbocycles. The van der Waals surface area contributed by atoms with Crippen LogP contribution >= 0.6 is 0 Å². The van der Waals surface area contributed by atoms with Gasteiger partial charge in [-0.05, 0) is 37.5 Å². The average Bonchev–Trinajstić information content (AvgIpc) is 3.28. The molecule has 108 valence electrons. The number of benzene rings is 1. The van der Waals surface area contributed by atoms with Crippen molar-refractivity contribution < 1.29 is 14.3 Å². The Bertz CT molecular complexity index is 494. The van der Waals surface area contributed by atoms with Gasteiger partial charge in [0.1, 0.15) is 6.04 Å². The summed E-state index contributed by atoms with van der Waals surface area (Å²) in [5.74, 6) is -0.649. The van der Waals surface area contributed by atoms with Crippen molar-refractivity contribution in [3.05, 3.63) is 35.4 Å². The number of carbonyl (C=O) groups excluding carboxylic acids is 2. The van der Waals surface area contributed by atoms with Gasteiger partial charge in [0.15, 0.2) is 0 Å². The molecule has 1 aromatic rings. The highest BCUT2D eigenvalue weighted by molar-refractivity contribution is 5.92. The first-order chi connectivity index (χ1) is 9.52. The van der Waals surface area contributed by atoms with E-state index in [0.717, 1.165) is 18.4 Å². The summed E-state index contributed by atoms with van der Waals surface area (Å²) in [5.41, 5.74) is 6.77. The third-order valence-corrected chi connectivity index (χ3v) is 3.66. The van der Waals surface area contributed by atoms with E-state index in [0.29, 0.717) is 18.2 Å². The van der Waals surface area contributed by atoms with Crippen molar-refractivity contribution >= 4 is 11.9 Å². The number of amides is 1. The van der Waals surface area contributed by atoms with Gasteiger partial charge in [0.05, 0.1) is 7.11 Å². The van der Waals surface area contributed by atoms with E-state index >= 15 is 0 Å². The molecule has 1 aliphatic rings. The van der Waals surface area contributed by atoms with Crippen molar-refractivity contribution in [3.8, 4) is 0 Å². The van der Waals surface area contributed by atoms with E-state index in [1.807, 2.05) is 19.1 Å². The summed E-state index contributed by atoms with van der Waals surface area (Å²) >= 11 is 0. The molecule has 5 nitrogen and oxygen atoms in total. The molecule has 0 bridgehead atoms. The molecule has 1 atom stereocenters. The summed E-state index contributed by atoms with van der Waals surface area (Å²) < 4.78 is 4.82. The molecule has 1 amide bonds. The number of rotatable bonds is 6. The van der Waals surface area contributed by atoms with Crippen LogP contribution in [0.3, 0.4) is 0 Å². The van der Waals surface area contributed by atoms with Crippen LogP contribution in [0.4, 0.5) is 0 Å². The standard InChI is InChI=1S/C15H20N2O3/c1-10(15(19)20-2)17(13-7-8-13)9-11-3-5-12(6-4-11)14(16)18/h3-6,10,13H,7-9H2,1-2H3,(H2,16,18). The predicted octanol–water partition coefficient (Wildman–Crippen LogP) is 1.31. The van der Waals surface area contributed by atoms with E-state index in [9.17, 15) is 9.59 Å². The average molecular weight is 276 g/mol. The minimum absolute atomic E-state index is 0.217. The zero-order valence-electron chi connectivity index (χ0n) is 11.8. The number of nitrogens with zero attached hydrogens (tertiary/aromatic N) is 1. The van der Waals surface area contributed by atoms with E-state index in [1.54, 1.807) is 12.1 Å². The minimum Gasteiger partial charge on any atom is -0.468 e. The number of primary amides is 1. The summed E-state index contributed by atoms with van der Waals surface area (Å²) in [7, 11) is 1.41. The maximum atomic E-state index is 11.7. The van der Waals surface area contributed by atoms with Crippen LogP contribution in [0.15, 0.2) is 24.3 Å². The number of nitrogens with two attached hydrogens (primary N) is 1. The molecule has 0 saturated heterocycles. The van der Waals surface area contributed by atoms with Crippen LogP contribution < -0.4 is 5.73 Å². The molecular formula is C15H20N2O3. The topological polar surface area (TPSA) is 72.6 Å². The van der Waals surface area contributed by atoms with E-state index in [2.05, 4.69) is 4.90 Å². The predicted molar refractivity (Wildman–Crippen MR) is 75.0 cm³/mol. The Morgan fingerprint density at radius 2 is 1.95 bits per heavy atom. The minimum atomic E-state index is -0.432. The van der Waals surface area contributed by atoms with Crippen LogP contribution in [0.1, 0.15) is 35.7 Å². The lowest BCUT2D eigenvalue weighted by Gasteiger charge is -2.27. The smallest absolute Gasteiger partial charge is 0.322 e. The second-order valence-corrected chi connectivity index (χ2v) is 5.16. The third-order valence-electron chi connectivity index (χ3n) is 3.66. The number of ether oxygens (including phenoxy) is 1. The van der Waals surface area contributed by atoms with Gasteiger partial charge in [0, 0.05) is 18.2 Å². The molecule has 1 fully saturated rings. The van der Waals surface area contributed by atoms with Crippen molar-refractivity contribution in [2.75, 3.05) is 7.11 Å². The van der Waals surface area contributed by atoms with Crippen molar-refractivity contribution in [2.24, 2.45) is 5.73 Å². The molecule has 0 heterocycles. The quantitative estimate of drug-likeness (QED) is 0.795. The lowest BCUT2D eigenvalue weighted by molar-refractivity contribution is -0.146. The number of methoxy groups -OCH3 is 1. The van der Waals surface area contributed by atoms with Gasteiger partial charge < -0.3 is 10.5 Å². The first-order valence-electron chi connectivity index (χ1n) is 6.75. The maximum absolute atomic E-state index is 11.7. The van der Waals surface area contributed by atoms with Crippen LogP contribution in [-0.2, 0) is 16.1 Å². The second-order valence-electron chi connectivity index (χ2n) is 5.16. The molecule has 2 rings (SSSR count). The summed E-state index contributed by atoms with van der Waals surface area (Å²) in [6.45, 7) is 2.53. The highest BCUT2D eigenvalue weighted by Gasteiger charge is 2.35. The van der Waals surface area contributed by atoms with Crippen LogP contribution in [0.5, 0.6) is 0 Å². The SMILES string of the molecule is COC(=O)C(C)N(Cc1ccc(C(N)=O)cc1)C1CC1. The third kappa shape index (κ3) is 3.36. The number of hydrogen-bond acceptors (Lipinski definition) is 4. The second kappa shape index (κ2) is 6.05. The number of hydrogen-bond donors (Lipinski definition) is 1. The molecule has 1 aliphatic carbocycles. The number of carbonyl (C=O) groups is 2. The molecule has 0 radical (unpaired) electrons. The highest BCUT2D eigenvalue weighted by Crippen LogP contribution is 2.30. The maximum Gasteiger partial charge on any atom is 0.322 e. The highest BCUT2D eigenvalue weighted by atomic mass is 16.5. The molecule has 2 N–H and O–H groups in total. The molecule has 1 aromatic carbocycles. The Hall–Kier alpha value is -1.88. The van der Waals surface area contributed by atoms with Crippen molar-refractivity contribution in [1.82, 2.24) is 4.90 Å². The van der Waals surface area contributed by atoms with Crippen LogP contribution in [0.25, 0.3) is 0 Å². The Balaban J connectivity index is 2.08. The molecule has 20 heavy (non-hydrogen) atoms. The fraction of sp³-hybridized carbons (Fsp3) is 0.467. The summed E-state index contributed by atoms with van der Waals surface area (Å²) in [6.07, 6.45) is 2.22. The first-order valence-corrected chi connectivity index (χ1v) is 6.75. The summed E-state index contributed by atoms with van der Waals surface area (Å²) in [6, 6.07) is 7.36. The van der Waals surface area contributed by atoms with Gasteiger partial charge in [0.25, 0.3) is 0 Å². The summed E-state index contributed by atoms with van der Waals surface area (Å²) in [5, 5.41) is 0. The number of esters is 1. The molecule has 0 aromatic heterocycles. The van der Waals surface area contributed by atoms with Crippen molar-refractivity contribution in [3.63, 3.8) is 0 Å². The molecule has 0 spiro atoms. The van der Waals surface area contributed by atoms with Crippen LogP contribution in [0, 0.1) is 0 Å². The van der Waals surface area contributed by atoms with E-state index in [4.69, 9.17) is 10.5 Å². The van der Waals surface area contributed by atoms with Gasteiger partial charge in [-0.15, -0.1) is 0 Å². The summed E-state index contributed by atoms with van der Waals surface area (Å²) in [4.78, 5) is 24.9. The fourth-order valence-corrected chi connectivity index (χ4v) is 2.28. The van der Waals surface area contributed by atoms with E-state index in [-0.39, 0.29) is 12.0 Å². The normalized spacial score (nSPS) is 15.9. The van der Waals surface area contributed by atoms with Gasteiger partial charge in [-0.1, -0.05) is 12.1 Å². The first kappa shape index (κ1) is 14.5. The van der Waals surface area contributed by atoms with Gasteiger partial charge in [-0.25, -0.2) is 0 Å². The monoisotopic (exact) mass is 276 g/mol. The fourth-order valence-electron chi connectivity index (χ4n) is 2.28. The van der Waals surface area contributed by atoms with Gasteiger partial charge in [-0.3, -0.25) is 14.5 Å². The Labute approximate surface area is 118 Å². The zero-order chi connectivity index (χ0) is 14.7. The van der Waals surface area contributed by atoms with E-state index < -0.39 is 5.91 Å². The molecule has 1 unspecified atom stereocenters. The Kier molecular flexibility index (Phi) is 4.39. The van der Waals surface area contributed by atoms with Gasteiger partial charge >= 0.3 is 5.97 Å².